The third-order valence-electron chi connectivity index (χ3n) is 3.23. The molecule has 0 radical (unpaired) electrons. The number of para-hydroxylation sites is 1. The molecule has 2 aromatic heterocycles. The summed E-state index contributed by atoms with van der Waals surface area (Å²) >= 11 is 5.79. The molecule has 1 atom stereocenters. The van der Waals surface area contributed by atoms with Crippen molar-refractivity contribution in [2.75, 3.05) is 17.7 Å². The fraction of sp³-hybridized carbons (Fsp3) is 0.267. The van der Waals surface area contributed by atoms with Gasteiger partial charge >= 0.3 is 0 Å². The van der Waals surface area contributed by atoms with Crippen LogP contribution >= 0.6 is 11.6 Å². The van der Waals surface area contributed by atoms with Crippen LogP contribution in [0.3, 0.4) is 0 Å². The van der Waals surface area contributed by atoms with E-state index in [0.29, 0.717) is 18.1 Å². The Morgan fingerprint density at radius 3 is 2.83 bits per heavy atom. The molecule has 2 heterocycles. The van der Waals surface area contributed by atoms with Crippen LogP contribution in [0.25, 0.3) is 11.0 Å². The summed E-state index contributed by atoms with van der Waals surface area (Å²) in [5.41, 5.74) is 6.34. The van der Waals surface area contributed by atoms with Crippen LogP contribution in [-0.4, -0.2) is 21.6 Å². The molecule has 0 spiro atoms. The molecule has 0 saturated carbocycles. The molecule has 7 nitrogen and oxygen atoms in total. The first kappa shape index (κ1) is 15.4. The van der Waals surface area contributed by atoms with Crippen LogP contribution in [0.1, 0.15) is 25.6 Å². The van der Waals surface area contributed by atoms with Crippen molar-refractivity contribution in [3.63, 3.8) is 0 Å². The van der Waals surface area contributed by atoms with Crippen LogP contribution < -0.4 is 15.8 Å². The normalized spacial score (nSPS) is 12.3. The number of rotatable bonds is 5. The summed E-state index contributed by atoms with van der Waals surface area (Å²) in [5, 5.41) is 4.05. The first-order valence-corrected chi connectivity index (χ1v) is 7.54. The molecule has 1 unspecified atom stereocenters. The molecule has 0 fully saturated rings. The standard InChI is InChI=1S/C15H16ClN5O2/c1-3-22-12-9-6-4-5-7-10(9)23-11(12)8(2)18-15-20-13(16)19-14(17)21-15/h4-8H,3H2,1-2H3,(H3,17,18,19,20,21). The monoisotopic (exact) mass is 333 g/mol. The highest BCUT2D eigenvalue weighted by Crippen LogP contribution is 2.37. The Hall–Kier alpha value is -2.54. The van der Waals surface area contributed by atoms with Gasteiger partial charge in [0.15, 0.2) is 11.5 Å². The molecule has 23 heavy (non-hydrogen) atoms. The van der Waals surface area contributed by atoms with Crippen LogP contribution in [0, 0.1) is 0 Å². The minimum atomic E-state index is -0.248. The van der Waals surface area contributed by atoms with E-state index in [0.717, 1.165) is 11.0 Å². The predicted octanol–water partition coefficient (Wildman–Crippen LogP) is 3.43. The Labute approximate surface area is 137 Å². The summed E-state index contributed by atoms with van der Waals surface area (Å²) in [4.78, 5) is 11.7. The number of nitrogens with one attached hydrogen (secondary N) is 1. The second kappa shape index (κ2) is 6.29. The van der Waals surface area contributed by atoms with E-state index in [2.05, 4.69) is 20.3 Å². The molecule has 1 aromatic carbocycles. The number of aromatic nitrogens is 3. The second-order valence-electron chi connectivity index (χ2n) is 4.88. The van der Waals surface area contributed by atoms with Gasteiger partial charge in [0.05, 0.1) is 18.0 Å². The zero-order valence-electron chi connectivity index (χ0n) is 12.7. The number of fused-ring (bicyclic) bond motifs is 1. The highest BCUT2D eigenvalue weighted by Gasteiger charge is 2.21. The zero-order valence-corrected chi connectivity index (χ0v) is 13.5. The van der Waals surface area contributed by atoms with E-state index in [1.165, 1.54) is 0 Å². The van der Waals surface area contributed by atoms with Gasteiger partial charge in [-0.05, 0) is 37.6 Å². The summed E-state index contributed by atoms with van der Waals surface area (Å²) in [6, 6.07) is 7.45. The quantitative estimate of drug-likeness (QED) is 0.737. The van der Waals surface area contributed by atoms with Crippen molar-refractivity contribution in [1.29, 1.82) is 0 Å². The minimum Gasteiger partial charge on any atom is -0.489 e. The van der Waals surface area contributed by atoms with E-state index in [4.69, 9.17) is 26.5 Å². The second-order valence-corrected chi connectivity index (χ2v) is 5.21. The lowest BCUT2D eigenvalue weighted by Gasteiger charge is -2.13. The average molecular weight is 334 g/mol. The maximum Gasteiger partial charge on any atom is 0.229 e. The summed E-state index contributed by atoms with van der Waals surface area (Å²) in [7, 11) is 0. The number of ether oxygens (including phenoxy) is 1. The lowest BCUT2D eigenvalue weighted by molar-refractivity contribution is 0.328. The van der Waals surface area contributed by atoms with E-state index >= 15 is 0 Å². The maximum absolute atomic E-state index is 5.92. The lowest BCUT2D eigenvalue weighted by atomic mass is 10.2. The minimum absolute atomic E-state index is 0.0295. The molecule has 120 valence electrons. The molecule has 8 heteroatoms. The largest absolute Gasteiger partial charge is 0.489 e. The van der Waals surface area contributed by atoms with Crippen molar-refractivity contribution < 1.29 is 9.15 Å². The third-order valence-corrected chi connectivity index (χ3v) is 3.40. The molecule has 3 aromatic rings. The van der Waals surface area contributed by atoms with Crippen LogP contribution in [0.5, 0.6) is 5.75 Å². The van der Waals surface area contributed by atoms with Crippen LogP contribution in [0.2, 0.25) is 5.28 Å². The molecule has 0 aliphatic carbocycles. The highest BCUT2D eigenvalue weighted by molar-refractivity contribution is 6.28. The number of nitrogens with two attached hydrogens (primary N) is 1. The molecule has 0 aliphatic rings. The van der Waals surface area contributed by atoms with Gasteiger partial charge in [0.2, 0.25) is 17.2 Å². The summed E-state index contributed by atoms with van der Waals surface area (Å²) in [6.07, 6.45) is 0. The number of anilines is 2. The topological polar surface area (TPSA) is 99.1 Å². The molecule has 0 amide bonds. The van der Waals surface area contributed by atoms with Gasteiger partial charge in [0.25, 0.3) is 0 Å². The molecular formula is C15H16ClN5O2. The molecule has 3 N–H and O–H groups in total. The van der Waals surface area contributed by atoms with E-state index < -0.39 is 0 Å². The SMILES string of the molecule is CCOc1c(C(C)Nc2nc(N)nc(Cl)n2)oc2ccccc12. The van der Waals surface area contributed by atoms with Gasteiger partial charge in [0.1, 0.15) is 5.58 Å². The van der Waals surface area contributed by atoms with Gasteiger partial charge in [-0.15, -0.1) is 0 Å². The number of hydrogen-bond donors (Lipinski definition) is 2. The van der Waals surface area contributed by atoms with E-state index in [1.807, 2.05) is 38.1 Å². The Kier molecular flexibility index (Phi) is 4.20. The number of furan rings is 1. The van der Waals surface area contributed by atoms with Crippen molar-refractivity contribution in [3.8, 4) is 5.75 Å². The molecule has 0 saturated heterocycles. The Bertz CT molecular complexity index is 816. The zero-order chi connectivity index (χ0) is 16.4. The van der Waals surface area contributed by atoms with Crippen molar-refractivity contribution in [1.82, 2.24) is 15.0 Å². The smallest absolute Gasteiger partial charge is 0.229 e. The van der Waals surface area contributed by atoms with Crippen LogP contribution in [-0.2, 0) is 0 Å². The van der Waals surface area contributed by atoms with Gasteiger partial charge < -0.3 is 20.2 Å². The van der Waals surface area contributed by atoms with E-state index in [9.17, 15) is 0 Å². The summed E-state index contributed by atoms with van der Waals surface area (Å²) in [5.74, 6) is 1.69. The van der Waals surface area contributed by atoms with Crippen molar-refractivity contribution >= 4 is 34.5 Å². The first-order chi connectivity index (χ1) is 11.1. The fourth-order valence-electron chi connectivity index (χ4n) is 2.31. The fourth-order valence-corrected chi connectivity index (χ4v) is 2.47. The lowest BCUT2D eigenvalue weighted by Crippen LogP contribution is -2.11. The van der Waals surface area contributed by atoms with Crippen LogP contribution in [0.4, 0.5) is 11.9 Å². The van der Waals surface area contributed by atoms with Crippen molar-refractivity contribution in [3.05, 3.63) is 35.3 Å². The summed E-state index contributed by atoms with van der Waals surface area (Å²) < 4.78 is 11.7. The number of benzene rings is 1. The number of nitrogens with zero attached hydrogens (tertiary/aromatic N) is 3. The molecular weight excluding hydrogens is 318 g/mol. The molecule has 0 aliphatic heterocycles. The van der Waals surface area contributed by atoms with Crippen molar-refractivity contribution in [2.24, 2.45) is 0 Å². The number of halogens is 1. The Morgan fingerprint density at radius 1 is 1.30 bits per heavy atom. The molecule has 3 rings (SSSR count). The maximum atomic E-state index is 5.92. The predicted molar refractivity (Wildman–Crippen MR) is 88.7 cm³/mol. The highest BCUT2D eigenvalue weighted by atomic mass is 35.5. The average Bonchev–Trinajstić information content (AvgIpc) is 2.86. The summed E-state index contributed by atoms with van der Waals surface area (Å²) in [6.45, 7) is 4.37. The van der Waals surface area contributed by atoms with Gasteiger partial charge in [-0.2, -0.15) is 15.0 Å². The van der Waals surface area contributed by atoms with Gasteiger partial charge in [-0.3, -0.25) is 0 Å². The van der Waals surface area contributed by atoms with Gasteiger partial charge in [0, 0.05) is 0 Å². The number of nitrogen functional groups attached to an aromatic ring is 1. The molecule has 0 bridgehead atoms. The van der Waals surface area contributed by atoms with E-state index in [-0.39, 0.29) is 23.2 Å². The number of hydrogen-bond acceptors (Lipinski definition) is 7. The Morgan fingerprint density at radius 2 is 2.09 bits per heavy atom. The third kappa shape index (κ3) is 3.14. The van der Waals surface area contributed by atoms with Gasteiger partial charge in [-0.25, -0.2) is 0 Å². The first-order valence-electron chi connectivity index (χ1n) is 7.16. The van der Waals surface area contributed by atoms with E-state index in [1.54, 1.807) is 0 Å². The van der Waals surface area contributed by atoms with Crippen molar-refractivity contribution in [2.45, 2.75) is 19.9 Å². The Balaban J connectivity index is 1.96. The van der Waals surface area contributed by atoms with Crippen LogP contribution in [0.15, 0.2) is 28.7 Å². The van der Waals surface area contributed by atoms with Gasteiger partial charge in [-0.1, -0.05) is 12.1 Å².